The van der Waals surface area contributed by atoms with Crippen LogP contribution in [0.3, 0.4) is 0 Å². The lowest BCUT2D eigenvalue weighted by atomic mass is 10.0. The number of anilines is 1. The molecule has 3 aromatic rings. The van der Waals surface area contributed by atoms with Gasteiger partial charge in [-0.2, -0.15) is 0 Å². The maximum atomic E-state index is 13.1. The lowest BCUT2D eigenvalue weighted by molar-refractivity contribution is -0.110. The van der Waals surface area contributed by atoms with Crippen molar-refractivity contribution in [3.05, 3.63) is 87.7 Å². The molecule has 2 aromatic carbocycles. The molecule has 8 heteroatoms. The highest BCUT2D eigenvalue weighted by atomic mass is 16.2. The number of amides is 3. The van der Waals surface area contributed by atoms with Crippen LogP contribution < -0.4 is 16.0 Å². The smallest absolute Gasteiger partial charge is 0.256 e. The van der Waals surface area contributed by atoms with Crippen molar-refractivity contribution in [2.24, 2.45) is 0 Å². The van der Waals surface area contributed by atoms with Crippen molar-refractivity contribution in [3.8, 4) is 0 Å². The molecule has 1 fully saturated rings. The van der Waals surface area contributed by atoms with Crippen LogP contribution in [-0.4, -0.2) is 53.8 Å². The summed E-state index contributed by atoms with van der Waals surface area (Å²) < 4.78 is 0. The van der Waals surface area contributed by atoms with Crippen molar-refractivity contribution in [3.63, 3.8) is 0 Å². The molecule has 3 heterocycles. The highest BCUT2D eigenvalue weighted by Crippen LogP contribution is 2.35. The minimum atomic E-state index is -0.244. The fraction of sp³-hybridized carbons (Fsp3) is 0.344. The molecule has 8 nitrogen and oxygen atoms in total. The molecule has 1 saturated heterocycles. The molecule has 1 atom stereocenters. The van der Waals surface area contributed by atoms with Crippen LogP contribution in [0.4, 0.5) is 5.69 Å². The third-order valence-electron chi connectivity index (χ3n) is 7.88. The number of nitrogens with zero attached hydrogens (tertiary/aromatic N) is 1. The van der Waals surface area contributed by atoms with E-state index in [4.69, 9.17) is 0 Å². The first-order valence-electron chi connectivity index (χ1n) is 14.1. The highest BCUT2D eigenvalue weighted by Gasteiger charge is 2.27. The summed E-state index contributed by atoms with van der Waals surface area (Å²) in [6.07, 6.45) is 4.99. The van der Waals surface area contributed by atoms with E-state index in [1.54, 1.807) is 24.3 Å². The van der Waals surface area contributed by atoms with E-state index in [1.807, 2.05) is 51.1 Å². The zero-order valence-electron chi connectivity index (χ0n) is 23.4. The van der Waals surface area contributed by atoms with Gasteiger partial charge in [0.15, 0.2) is 0 Å². The fourth-order valence-electron chi connectivity index (χ4n) is 5.65. The Morgan fingerprint density at radius 3 is 2.52 bits per heavy atom. The van der Waals surface area contributed by atoms with Crippen LogP contribution in [-0.2, 0) is 4.79 Å². The van der Waals surface area contributed by atoms with Gasteiger partial charge in [0.2, 0.25) is 0 Å². The normalized spacial score (nSPS) is 16.6. The van der Waals surface area contributed by atoms with Gasteiger partial charge >= 0.3 is 0 Å². The van der Waals surface area contributed by atoms with Crippen molar-refractivity contribution in [1.82, 2.24) is 20.5 Å². The summed E-state index contributed by atoms with van der Waals surface area (Å²) in [6.45, 7) is 9.45. The second-order valence-corrected chi connectivity index (χ2v) is 10.6. The van der Waals surface area contributed by atoms with E-state index < -0.39 is 0 Å². The van der Waals surface area contributed by atoms with Crippen molar-refractivity contribution >= 4 is 35.1 Å². The number of nitrogens with one attached hydrogen (secondary N) is 4. The van der Waals surface area contributed by atoms with Gasteiger partial charge in [0.25, 0.3) is 17.7 Å². The number of hydrogen-bond acceptors (Lipinski definition) is 4. The summed E-state index contributed by atoms with van der Waals surface area (Å²) in [4.78, 5) is 44.6. The molecule has 0 spiro atoms. The average Bonchev–Trinajstić information content (AvgIpc) is 3.65. The first kappa shape index (κ1) is 27.4. The van der Waals surface area contributed by atoms with Gasteiger partial charge in [-0.3, -0.25) is 14.4 Å². The quantitative estimate of drug-likeness (QED) is 0.292. The van der Waals surface area contributed by atoms with Gasteiger partial charge in [-0.05, 0) is 75.5 Å². The topological polar surface area (TPSA) is 106 Å². The number of benzene rings is 2. The molecule has 40 heavy (non-hydrogen) atoms. The van der Waals surface area contributed by atoms with Gasteiger partial charge in [-0.1, -0.05) is 43.3 Å². The van der Waals surface area contributed by atoms with Crippen LogP contribution in [0.25, 0.3) is 11.6 Å². The van der Waals surface area contributed by atoms with Gasteiger partial charge < -0.3 is 25.8 Å². The van der Waals surface area contributed by atoms with Crippen molar-refractivity contribution in [2.45, 2.75) is 46.1 Å². The van der Waals surface area contributed by atoms with Crippen molar-refractivity contribution < 1.29 is 14.4 Å². The highest BCUT2D eigenvalue weighted by molar-refractivity contribution is 6.35. The zero-order chi connectivity index (χ0) is 28.2. The number of carbonyl (C=O) groups is 3. The van der Waals surface area contributed by atoms with Crippen LogP contribution in [0.1, 0.15) is 81.0 Å². The monoisotopic (exact) mass is 539 g/mol. The van der Waals surface area contributed by atoms with Crippen LogP contribution in [0.5, 0.6) is 0 Å². The molecule has 0 radical (unpaired) electrons. The molecule has 2 aliphatic rings. The number of fused-ring (bicyclic) bond motifs is 1. The van der Waals surface area contributed by atoms with Gasteiger partial charge in [0.05, 0.1) is 17.2 Å². The Balaban J connectivity index is 1.31. The summed E-state index contributed by atoms with van der Waals surface area (Å²) in [6, 6.07) is 15.0. The van der Waals surface area contributed by atoms with E-state index in [9.17, 15) is 14.4 Å². The van der Waals surface area contributed by atoms with Gasteiger partial charge in [0.1, 0.15) is 0 Å². The molecule has 208 valence electrons. The molecule has 4 N–H and O–H groups in total. The zero-order valence-corrected chi connectivity index (χ0v) is 23.4. The van der Waals surface area contributed by atoms with Crippen LogP contribution in [0.15, 0.2) is 48.5 Å². The molecule has 5 rings (SSSR count). The Kier molecular flexibility index (Phi) is 8.16. The maximum Gasteiger partial charge on any atom is 0.256 e. The average molecular weight is 540 g/mol. The fourth-order valence-corrected chi connectivity index (χ4v) is 5.65. The van der Waals surface area contributed by atoms with E-state index in [0.29, 0.717) is 28.9 Å². The number of carbonyl (C=O) groups excluding carboxylic acids is 3. The Morgan fingerprint density at radius 2 is 1.80 bits per heavy atom. The first-order valence-corrected chi connectivity index (χ1v) is 14.1. The van der Waals surface area contributed by atoms with Crippen LogP contribution in [0.2, 0.25) is 0 Å². The number of aromatic amines is 1. The standard InChI is InChI=1S/C32H37N5O3/c1-4-26(22-10-6-5-7-11-22)35-30(38)23-12-13-24-25(31(39)36-28(24)18-23)19-27-20(2)29(21(3)34-27)32(40)33-14-17-37-15-8-9-16-37/h5-7,10-13,18-19,26,34H,4,8-9,14-17H2,1-3H3,(H,33,40)(H,35,38)(H,36,39)/t26-/m0/s1. The molecule has 0 unspecified atom stereocenters. The second kappa shape index (κ2) is 11.9. The van der Waals surface area contributed by atoms with E-state index in [2.05, 4.69) is 25.8 Å². The molecular formula is C32H37N5O3. The summed E-state index contributed by atoms with van der Waals surface area (Å²) in [7, 11) is 0. The van der Waals surface area contributed by atoms with E-state index in [0.717, 1.165) is 54.1 Å². The molecule has 0 aliphatic carbocycles. The molecule has 3 amide bonds. The molecule has 1 aromatic heterocycles. The third kappa shape index (κ3) is 5.72. The molecule has 0 bridgehead atoms. The maximum absolute atomic E-state index is 13.1. The second-order valence-electron chi connectivity index (χ2n) is 10.6. The van der Waals surface area contributed by atoms with Crippen molar-refractivity contribution in [1.29, 1.82) is 0 Å². The van der Waals surface area contributed by atoms with Crippen molar-refractivity contribution in [2.75, 3.05) is 31.5 Å². The van der Waals surface area contributed by atoms with Gasteiger partial charge in [-0.15, -0.1) is 0 Å². The number of H-pyrrole nitrogens is 1. The van der Waals surface area contributed by atoms with E-state index in [1.165, 1.54) is 12.8 Å². The SMILES string of the molecule is CC[C@H](NC(=O)c1ccc2c(c1)NC(=O)C2=Cc1[nH]c(C)c(C(=O)NCCN2CCCC2)c1C)c1ccccc1. The van der Waals surface area contributed by atoms with E-state index in [-0.39, 0.29) is 23.8 Å². The molecule has 2 aliphatic heterocycles. The predicted octanol–water partition coefficient (Wildman–Crippen LogP) is 4.83. The Labute approximate surface area is 235 Å². The Hall–Kier alpha value is -4.17. The number of hydrogen-bond donors (Lipinski definition) is 4. The lowest BCUT2D eigenvalue weighted by Crippen LogP contribution is -2.33. The predicted molar refractivity (Wildman–Crippen MR) is 158 cm³/mol. The number of aromatic nitrogens is 1. The summed E-state index contributed by atoms with van der Waals surface area (Å²) in [5.74, 6) is -0.545. The third-order valence-corrected chi connectivity index (χ3v) is 7.88. The van der Waals surface area contributed by atoms with Gasteiger partial charge in [-0.25, -0.2) is 0 Å². The molecule has 0 saturated carbocycles. The first-order chi connectivity index (χ1) is 19.4. The minimum absolute atomic E-state index is 0.0993. The Bertz CT molecular complexity index is 1450. The number of rotatable bonds is 9. The largest absolute Gasteiger partial charge is 0.358 e. The summed E-state index contributed by atoms with van der Waals surface area (Å²) in [5, 5.41) is 9.04. The summed E-state index contributed by atoms with van der Waals surface area (Å²) >= 11 is 0. The minimum Gasteiger partial charge on any atom is -0.358 e. The summed E-state index contributed by atoms with van der Waals surface area (Å²) in [5.41, 5.74) is 6.23. The number of likely N-dealkylation sites (tertiary alicyclic amines) is 1. The number of aryl methyl sites for hydroxylation is 1. The van der Waals surface area contributed by atoms with Gasteiger partial charge in [0, 0.05) is 41.3 Å². The van der Waals surface area contributed by atoms with E-state index >= 15 is 0 Å². The van der Waals surface area contributed by atoms with Crippen LogP contribution >= 0.6 is 0 Å². The lowest BCUT2D eigenvalue weighted by Gasteiger charge is -2.17. The van der Waals surface area contributed by atoms with Crippen LogP contribution in [0, 0.1) is 13.8 Å². The Morgan fingerprint density at radius 1 is 1.05 bits per heavy atom. The molecular weight excluding hydrogens is 502 g/mol.